The van der Waals surface area contributed by atoms with Gasteiger partial charge in [-0.05, 0) is 24.5 Å². The maximum Gasteiger partial charge on any atom is 0.315 e. The Labute approximate surface area is 113 Å². The molecule has 0 aliphatic carbocycles. The standard InChI is InChI=1S/C13H21N3O3/c1-3-7-14-11-5-4-6-12(13(11)16(18)19)15-8-10(2)9-17/h4-6,10,14-15,17H,3,7-9H2,1-2H3. The minimum absolute atomic E-state index is 0.0480. The Morgan fingerprint density at radius 3 is 2.53 bits per heavy atom. The molecule has 6 heteroatoms. The fraction of sp³-hybridized carbons (Fsp3) is 0.538. The van der Waals surface area contributed by atoms with Crippen LogP contribution >= 0.6 is 0 Å². The van der Waals surface area contributed by atoms with E-state index < -0.39 is 0 Å². The second kappa shape index (κ2) is 7.58. The average molecular weight is 267 g/mol. The van der Waals surface area contributed by atoms with Gasteiger partial charge in [0.1, 0.15) is 11.4 Å². The van der Waals surface area contributed by atoms with Crippen LogP contribution in [0.5, 0.6) is 0 Å². The molecule has 19 heavy (non-hydrogen) atoms. The van der Waals surface area contributed by atoms with E-state index in [0.29, 0.717) is 24.5 Å². The molecule has 1 aromatic rings. The molecule has 1 unspecified atom stereocenters. The molecule has 0 spiro atoms. The summed E-state index contributed by atoms with van der Waals surface area (Å²) in [5, 5.41) is 26.2. The molecule has 0 aliphatic heterocycles. The number of hydrogen-bond acceptors (Lipinski definition) is 5. The molecule has 1 rings (SSSR count). The highest BCUT2D eigenvalue weighted by atomic mass is 16.6. The highest BCUT2D eigenvalue weighted by Crippen LogP contribution is 2.32. The van der Waals surface area contributed by atoms with Crippen molar-refractivity contribution in [3.63, 3.8) is 0 Å². The Kier molecular flexibility index (Phi) is 6.08. The quantitative estimate of drug-likeness (QED) is 0.497. The van der Waals surface area contributed by atoms with Crippen LogP contribution in [-0.4, -0.2) is 29.7 Å². The van der Waals surface area contributed by atoms with Gasteiger partial charge in [-0.25, -0.2) is 0 Å². The molecule has 0 aromatic heterocycles. The number of nitro groups is 1. The molecule has 0 amide bonds. The predicted octanol–water partition coefficient (Wildman–Crippen LogP) is 2.46. The van der Waals surface area contributed by atoms with Crippen molar-refractivity contribution >= 4 is 17.1 Å². The van der Waals surface area contributed by atoms with Crippen LogP contribution in [0, 0.1) is 16.0 Å². The Morgan fingerprint density at radius 1 is 1.37 bits per heavy atom. The van der Waals surface area contributed by atoms with Crippen molar-refractivity contribution in [1.82, 2.24) is 0 Å². The number of nitrogens with zero attached hydrogens (tertiary/aromatic N) is 1. The van der Waals surface area contributed by atoms with E-state index >= 15 is 0 Å². The van der Waals surface area contributed by atoms with Gasteiger partial charge in [0.15, 0.2) is 0 Å². The number of anilines is 2. The van der Waals surface area contributed by atoms with Gasteiger partial charge in [-0.1, -0.05) is 19.9 Å². The molecular weight excluding hydrogens is 246 g/mol. The van der Waals surface area contributed by atoms with Crippen molar-refractivity contribution in [2.75, 3.05) is 30.3 Å². The van der Waals surface area contributed by atoms with Crippen molar-refractivity contribution in [2.45, 2.75) is 20.3 Å². The summed E-state index contributed by atoms with van der Waals surface area (Å²) in [6.07, 6.45) is 0.899. The second-order valence-electron chi connectivity index (χ2n) is 4.55. The van der Waals surface area contributed by atoms with Crippen molar-refractivity contribution in [3.8, 4) is 0 Å². The number of nitrogens with one attached hydrogen (secondary N) is 2. The number of rotatable bonds is 8. The lowest BCUT2D eigenvalue weighted by atomic mass is 10.1. The third-order valence-corrected chi connectivity index (χ3v) is 2.74. The molecule has 106 valence electrons. The van der Waals surface area contributed by atoms with E-state index in [1.165, 1.54) is 0 Å². The molecule has 0 bridgehead atoms. The van der Waals surface area contributed by atoms with E-state index in [4.69, 9.17) is 5.11 Å². The minimum Gasteiger partial charge on any atom is -0.396 e. The lowest BCUT2D eigenvalue weighted by Crippen LogP contribution is -2.15. The van der Waals surface area contributed by atoms with Crippen molar-refractivity contribution in [3.05, 3.63) is 28.3 Å². The Balaban J connectivity index is 2.92. The lowest BCUT2D eigenvalue weighted by molar-refractivity contribution is -0.383. The maximum atomic E-state index is 11.2. The van der Waals surface area contributed by atoms with Crippen molar-refractivity contribution < 1.29 is 10.0 Å². The lowest BCUT2D eigenvalue weighted by Gasteiger charge is -2.13. The number of hydrogen-bond donors (Lipinski definition) is 3. The molecule has 0 radical (unpaired) electrons. The molecule has 6 nitrogen and oxygen atoms in total. The zero-order chi connectivity index (χ0) is 14.3. The van der Waals surface area contributed by atoms with E-state index in [-0.39, 0.29) is 23.1 Å². The summed E-state index contributed by atoms with van der Waals surface area (Å²) < 4.78 is 0. The van der Waals surface area contributed by atoms with Gasteiger partial charge in [0.25, 0.3) is 0 Å². The average Bonchev–Trinajstić information content (AvgIpc) is 2.41. The van der Waals surface area contributed by atoms with Gasteiger partial charge in [-0.2, -0.15) is 0 Å². The summed E-state index contributed by atoms with van der Waals surface area (Å²) >= 11 is 0. The molecule has 0 aliphatic rings. The van der Waals surface area contributed by atoms with E-state index in [9.17, 15) is 10.1 Å². The Bertz CT molecular complexity index is 424. The van der Waals surface area contributed by atoms with Gasteiger partial charge in [0.2, 0.25) is 0 Å². The zero-order valence-electron chi connectivity index (χ0n) is 11.3. The van der Waals surface area contributed by atoms with Gasteiger partial charge in [-0.3, -0.25) is 10.1 Å². The van der Waals surface area contributed by atoms with E-state index in [0.717, 1.165) is 6.42 Å². The predicted molar refractivity (Wildman–Crippen MR) is 76.6 cm³/mol. The summed E-state index contributed by atoms with van der Waals surface area (Å²) in [7, 11) is 0. The number of benzene rings is 1. The van der Waals surface area contributed by atoms with Gasteiger partial charge < -0.3 is 15.7 Å². The monoisotopic (exact) mass is 267 g/mol. The number of para-hydroxylation sites is 1. The molecule has 0 saturated carbocycles. The summed E-state index contributed by atoms with van der Waals surface area (Å²) in [5.74, 6) is 0.0480. The zero-order valence-corrected chi connectivity index (χ0v) is 11.3. The second-order valence-corrected chi connectivity index (χ2v) is 4.55. The smallest absolute Gasteiger partial charge is 0.315 e. The third-order valence-electron chi connectivity index (χ3n) is 2.74. The van der Waals surface area contributed by atoms with Gasteiger partial charge in [0.05, 0.1) is 4.92 Å². The van der Waals surface area contributed by atoms with Gasteiger partial charge in [-0.15, -0.1) is 0 Å². The first-order chi connectivity index (χ1) is 9.10. The molecule has 0 heterocycles. The van der Waals surface area contributed by atoms with Crippen LogP contribution in [0.3, 0.4) is 0 Å². The van der Waals surface area contributed by atoms with Gasteiger partial charge in [0, 0.05) is 19.7 Å². The van der Waals surface area contributed by atoms with Gasteiger partial charge >= 0.3 is 5.69 Å². The first-order valence-corrected chi connectivity index (χ1v) is 6.46. The number of aliphatic hydroxyl groups excluding tert-OH is 1. The van der Waals surface area contributed by atoms with Crippen LogP contribution in [0.2, 0.25) is 0 Å². The van der Waals surface area contributed by atoms with E-state index in [1.54, 1.807) is 18.2 Å². The Hall–Kier alpha value is -1.82. The third kappa shape index (κ3) is 4.40. The van der Waals surface area contributed by atoms with Crippen LogP contribution in [0.25, 0.3) is 0 Å². The molecule has 3 N–H and O–H groups in total. The van der Waals surface area contributed by atoms with Crippen molar-refractivity contribution in [1.29, 1.82) is 0 Å². The first kappa shape index (κ1) is 15.2. The fourth-order valence-electron chi connectivity index (χ4n) is 1.63. The first-order valence-electron chi connectivity index (χ1n) is 6.46. The number of nitro benzene ring substituents is 1. The van der Waals surface area contributed by atoms with Crippen LogP contribution in [0.15, 0.2) is 18.2 Å². The molecule has 1 aromatic carbocycles. The molecule has 0 saturated heterocycles. The largest absolute Gasteiger partial charge is 0.396 e. The highest BCUT2D eigenvalue weighted by molar-refractivity contribution is 5.76. The fourth-order valence-corrected chi connectivity index (χ4v) is 1.63. The highest BCUT2D eigenvalue weighted by Gasteiger charge is 2.19. The Morgan fingerprint density at radius 2 is 2.00 bits per heavy atom. The molecule has 0 fully saturated rings. The minimum atomic E-state index is -0.385. The summed E-state index contributed by atoms with van der Waals surface area (Å²) in [5.41, 5.74) is 1.06. The van der Waals surface area contributed by atoms with Crippen LogP contribution in [0.4, 0.5) is 17.1 Å². The number of aliphatic hydroxyl groups is 1. The van der Waals surface area contributed by atoms with Crippen LogP contribution in [0.1, 0.15) is 20.3 Å². The maximum absolute atomic E-state index is 11.2. The van der Waals surface area contributed by atoms with E-state index in [1.807, 2.05) is 13.8 Å². The normalized spacial score (nSPS) is 11.9. The topological polar surface area (TPSA) is 87.4 Å². The van der Waals surface area contributed by atoms with E-state index in [2.05, 4.69) is 10.6 Å². The summed E-state index contributed by atoms with van der Waals surface area (Å²) in [4.78, 5) is 10.8. The SMILES string of the molecule is CCCNc1cccc(NCC(C)CO)c1[N+](=O)[O-]. The summed E-state index contributed by atoms with van der Waals surface area (Å²) in [6.45, 7) is 5.11. The van der Waals surface area contributed by atoms with Crippen molar-refractivity contribution in [2.24, 2.45) is 5.92 Å². The summed E-state index contributed by atoms with van der Waals surface area (Å²) in [6, 6.07) is 5.16. The molecular formula is C13H21N3O3. The van der Waals surface area contributed by atoms with Crippen LogP contribution < -0.4 is 10.6 Å². The van der Waals surface area contributed by atoms with Crippen LogP contribution in [-0.2, 0) is 0 Å². The molecule has 1 atom stereocenters.